The number of hydrogen-bond donors (Lipinski definition) is 1. The first kappa shape index (κ1) is 13.6. The highest BCUT2D eigenvalue weighted by Crippen LogP contribution is 2.15. The van der Waals surface area contributed by atoms with Crippen LogP contribution in [0.4, 0.5) is 4.39 Å². The fourth-order valence-corrected chi connectivity index (χ4v) is 1.69. The van der Waals surface area contributed by atoms with Crippen molar-refractivity contribution in [2.24, 2.45) is 5.92 Å². The van der Waals surface area contributed by atoms with Gasteiger partial charge in [-0.1, -0.05) is 12.1 Å². The van der Waals surface area contributed by atoms with Crippen molar-refractivity contribution in [3.8, 4) is 0 Å². The molecule has 0 aliphatic carbocycles. The largest absolute Gasteiger partial charge is 0.481 e. The number of carboxylic acids is 1. The molecule has 1 aromatic carbocycles. The van der Waals surface area contributed by atoms with Gasteiger partial charge >= 0.3 is 5.97 Å². The summed E-state index contributed by atoms with van der Waals surface area (Å²) in [6.07, 6.45) is 1.72. The number of hydrogen-bond acceptors (Lipinski definition) is 2. The van der Waals surface area contributed by atoms with Crippen molar-refractivity contribution >= 4 is 5.97 Å². The topological polar surface area (TPSA) is 46.5 Å². The summed E-state index contributed by atoms with van der Waals surface area (Å²) in [6.45, 7) is 0.563. The SMILES string of the molecule is COCCCC(Cc1ccc(F)cc1)C(=O)O. The fraction of sp³-hybridized carbons (Fsp3) is 0.462. The number of halogens is 1. The number of carbonyl (C=O) groups is 1. The lowest BCUT2D eigenvalue weighted by molar-refractivity contribution is -0.142. The van der Waals surface area contributed by atoms with Crippen LogP contribution < -0.4 is 0 Å². The summed E-state index contributed by atoms with van der Waals surface area (Å²) in [6, 6.07) is 5.95. The van der Waals surface area contributed by atoms with E-state index < -0.39 is 11.9 Å². The Labute approximate surface area is 100 Å². The third kappa shape index (κ3) is 4.95. The monoisotopic (exact) mass is 240 g/mol. The van der Waals surface area contributed by atoms with E-state index in [1.54, 1.807) is 19.2 Å². The van der Waals surface area contributed by atoms with E-state index in [-0.39, 0.29) is 5.82 Å². The van der Waals surface area contributed by atoms with E-state index in [1.807, 2.05) is 0 Å². The van der Waals surface area contributed by atoms with Gasteiger partial charge in [-0.2, -0.15) is 0 Å². The number of aliphatic carboxylic acids is 1. The van der Waals surface area contributed by atoms with Crippen LogP contribution in [0, 0.1) is 11.7 Å². The van der Waals surface area contributed by atoms with Gasteiger partial charge in [0.05, 0.1) is 5.92 Å². The molecule has 0 heterocycles. The molecular weight excluding hydrogens is 223 g/mol. The highest BCUT2D eigenvalue weighted by Gasteiger charge is 2.17. The summed E-state index contributed by atoms with van der Waals surface area (Å²) in [4.78, 5) is 11.1. The van der Waals surface area contributed by atoms with Crippen molar-refractivity contribution in [2.45, 2.75) is 19.3 Å². The average Bonchev–Trinajstić information content (AvgIpc) is 2.30. The first-order chi connectivity index (χ1) is 8.13. The Balaban J connectivity index is 2.54. The Bertz CT molecular complexity index is 348. The van der Waals surface area contributed by atoms with Crippen LogP contribution in [0.15, 0.2) is 24.3 Å². The van der Waals surface area contributed by atoms with Crippen molar-refractivity contribution in [1.82, 2.24) is 0 Å². The highest BCUT2D eigenvalue weighted by atomic mass is 19.1. The zero-order valence-electron chi connectivity index (χ0n) is 9.86. The lowest BCUT2D eigenvalue weighted by atomic mass is 9.95. The maximum Gasteiger partial charge on any atom is 0.306 e. The molecule has 0 aromatic heterocycles. The third-order valence-electron chi connectivity index (χ3n) is 2.65. The molecule has 4 heteroatoms. The molecule has 1 aromatic rings. The number of rotatable bonds is 7. The summed E-state index contributed by atoms with van der Waals surface area (Å²) < 4.78 is 17.6. The maximum atomic E-state index is 12.7. The van der Waals surface area contributed by atoms with E-state index in [1.165, 1.54) is 12.1 Å². The van der Waals surface area contributed by atoms with Crippen molar-refractivity contribution in [3.05, 3.63) is 35.6 Å². The smallest absolute Gasteiger partial charge is 0.306 e. The third-order valence-corrected chi connectivity index (χ3v) is 2.65. The molecule has 0 spiro atoms. The Morgan fingerprint density at radius 1 is 1.41 bits per heavy atom. The summed E-state index contributed by atoms with van der Waals surface area (Å²) in [5, 5.41) is 9.07. The van der Waals surface area contributed by atoms with Crippen LogP contribution in [0.1, 0.15) is 18.4 Å². The van der Waals surface area contributed by atoms with Crippen molar-refractivity contribution in [2.75, 3.05) is 13.7 Å². The summed E-state index contributed by atoms with van der Waals surface area (Å²) >= 11 is 0. The standard InChI is InChI=1S/C13H17FO3/c1-17-8-2-3-11(13(15)16)9-10-4-6-12(14)7-5-10/h4-7,11H,2-3,8-9H2,1H3,(H,15,16). The minimum atomic E-state index is -0.814. The van der Waals surface area contributed by atoms with Gasteiger partial charge < -0.3 is 9.84 Å². The zero-order valence-corrected chi connectivity index (χ0v) is 9.86. The van der Waals surface area contributed by atoms with Crippen LogP contribution in [-0.4, -0.2) is 24.8 Å². The molecule has 0 amide bonds. The molecule has 1 rings (SSSR count). The van der Waals surface area contributed by atoms with E-state index >= 15 is 0 Å². The minimum Gasteiger partial charge on any atom is -0.481 e. The van der Waals surface area contributed by atoms with Crippen LogP contribution in [0.25, 0.3) is 0 Å². The summed E-state index contributed by atoms with van der Waals surface area (Å²) in [7, 11) is 1.59. The zero-order chi connectivity index (χ0) is 12.7. The van der Waals surface area contributed by atoms with Crippen molar-refractivity contribution in [1.29, 1.82) is 0 Å². The fourth-order valence-electron chi connectivity index (χ4n) is 1.69. The average molecular weight is 240 g/mol. The molecule has 1 N–H and O–H groups in total. The summed E-state index contributed by atoms with van der Waals surface area (Å²) in [5.74, 6) is -1.55. The second kappa shape index (κ2) is 7.01. The lowest BCUT2D eigenvalue weighted by Crippen LogP contribution is -2.17. The normalized spacial score (nSPS) is 12.4. The molecule has 0 saturated carbocycles. The van der Waals surface area contributed by atoms with Gasteiger partial charge in [0.25, 0.3) is 0 Å². The van der Waals surface area contributed by atoms with E-state index in [9.17, 15) is 9.18 Å². The molecule has 3 nitrogen and oxygen atoms in total. The van der Waals surface area contributed by atoms with Gasteiger partial charge in [-0.25, -0.2) is 4.39 Å². The van der Waals surface area contributed by atoms with Crippen LogP contribution in [0.5, 0.6) is 0 Å². The van der Waals surface area contributed by atoms with Crippen LogP contribution in [0.2, 0.25) is 0 Å². The molecule has 0 fully saturated rings. The van der Waals surface area contributed by atoms with Crippen molar-refractivity contribution in [3.63, 3.8) is 0 Å². The minimum absolute atomic E-state index is 0.306. The predicted molar refractivity (Wildman–Crippen MR) is 62.3 cm³/mol. The van der Waals surface area contributed by atoms with Gasteiger partial charge in [-0.15, -0.1) is 0 Å². The van der Waals surface area contributed by atoms with E-state index in [2.05, 4.69) is 0 Å². The van der Waals surface area contributed by atoms with Crippen LogP contribution >= 0.6 is 0 Å². The molecule has 17 heavy (non-hydrogen) atoms. The van der Waals surface area contributed by atoms with Gasteiger partial charge in [0.15, 0.2) is 0 Å². The second-order valence-electron chi connectivity index (χ2n) is 4.00. The van der Waals surface area contributed by atoms with Gasteiger partial charge in [-0.3, -0.25) is 4.79 Å². The summed E-state index contributed by atoms with van der Waals surface area (Å²) in [5.41, 5.74) is 0.844. The van der Waals surface area contributed by atoms with Gasteiger partial charge in [-0.05, 0) is 37.0 Å². The van der Waals surface area contributed by atoms with Crippen LogP contribution in [0.3, 0.4) is 0 Å². The number of benzene rings is 1. The quantitative estimate of drug-likeness (QED) is 0.745. The molecular formula is C13H17FO3. The molecule has 0 radical (unpaired) electrons. The van der Waals surface area contributed by atoms with Gasteiger partial charge in [0, 0.05) is 13.7 Å². The van der Waals surface area contributed by atoms with Crippen molar-refractivity contribution < 1.29 is 19.0 Å². The Morgan fingerprint density at radius 3 is 2.59 bits per heavy atom. The number of methoxy groups -OCH3 is 1. The number of ether oxygens (including phenoxy) is 1. The van der Waals surface area contributed by atoms with E-state index in [0.717, 1.165) is 5.56 Å². The number of carboxylic acid groups (broad SMARTS) is 1. The highest BCUT2D eigenvalue weighted by molar-refractivity contribution is 5.70. The molecule has 0 saturated heterocycles. The Morgan fingerprint density at radius 2 is 2.06 bits per heavy atom. The van der Waals surface area contributed by atoms with E-state index in [0.29, 0.717) is 25.9 Å². The molecule has 94 valence electrons. The molecule has 0 aliphatic heterocycles. The lowest BCUT2D eigenvalue weighted by Gasteiger charge is -2.11. The Kier molecular flexibility index (Phi) is 5.63. The first-order valence-corrected chi connectivity index (χ1v) is 5.59. The first-order valence-electron chi connectivity index (χ1n) is 5.59. The van der Waals surface area contributed by atoms with Gasteiger partial charge in [0.2, 0.25) is 0 Å². The van der Waals surface area contributed by atoms with E-state index in [4.69, 9.17) is 9.84 Å². The Hall–Kier alpha value is -1.42. The molecule has 1 unspecified atom stereocenters. The maximum absolute atomic E-state index is 12.7. The molecule has 0 aliphatic rings. The molecule has 1 atom stereocenters. The van der Waals surface area contributed by atoms with Crippen LogP contribution in [-0.2, 0) is 16.0 Å². The second-order valence-corrected chi connectivity index (χ2v) is 4.00. The predicted octanol–water partition coefficient (Wildman–Crippen LogP) is 2.50. The molecule has 0 bridgehead atoms. The van der Waals surface area contributed by atoms with Gasteiger partial charge in [0.1, 0.15) is 5.82 Å².